The molecule has 142 valence electrons. The summed E-state index contributed by atoms with van der Waals surface area (Å²) in [5.74, 6) is 2.29. The fraction of sp³-hybridized carbons (Fsp3) is 0.286. The fourth-order valence-corrected chi connectivity index (χ4v) is 2.95. The number of nitrogens with one attached hydrogen (secondary N) is 1. The summed E-state index contributed by atoms with van der Waals surface area (Å²) in [6.07, 6.45) is 2.07. The topological polar surface area (TPSA) is 66.0 Å². The van der Waals surface area contributed by atoms with E-state index >= 15 is 0 Å². The van der Waals surface area contributed by atoms with Gasteiger partial charge in [0.05, 0.1) is 20.8 Å². The Morgan fingerprint density at radius 3 is 2.74 bits per heavy atom. The van der Waals surface area contributed by atoms with Crippen molar-refractivity contribution < 1.29 is 23.7 Å². The monoisotopic (exact) mass is 369 g/mol. The van der Waals surface area contributed by atoms with Crippen molar-refractivity contribution >= 4 is 5.91 Å². The molecule has 1 amide bonds. The Hall–Kier alpha value is -3.15. The third-order valence-corrected chi connectivity index (χ3v) is 4.24. The number of ether oxygens (including phenoxy) is 4. The molecule has 3 rings (SSSR count). The van der Waals surface area contributed by atoms with Gasteiger partial charge in [0.15, 0.2) is 23.0 Å². The number of methoxy groups -OCH3 is 2. The first-order valence-corrected chi connectivity index (χ1v) is 8.68. The smallest absolute Gasteiger partial charge is 0.251 e. The molecule has 0 saturated heterocycles. The molecule has 6 heteroatoms. The third-order valence-electron chi connectivity index (χ3n) is 4.24. The van der Waals surface area contributed by atoms with Crippen molar-refractivity contribution in [1.29, 1.82) is 0 Å². The number of hydrogen-bond acceptors (Lipinski definition) is 5. The summed E-state index contributed by atoms with van der Waals surface area (Å²) < 4.78 is 22.3. The van der Waals surface area contributed by atoms with E-state index in [1.807, 2.05) is 24.3 Å². The third kappa shape index (κ3) is 4.16. The zero-order valence-corrected chi connectivity index (χ0v) is 15.5. The number of fused-ring (bicyclic) bond motifs is 1. The first-order valence-electron chi connectivity index (χ1n) is 8.68. The average molecular weight is 369 g/mol. The molecule has 0 bridgehead atoms. The lowest BCUT2D eigenvalue weighted by molar-refractivity contribution is 0.0789. The van der Waals surface area contributed by atoms with Gasteiger partial charge < -0.3 is 24.3 Å². The van der Waals surface area contributed by atoms with Gasteiger partial charge in [-0.3, -0.25) is 4.79 Å². The largest absolute Gasteiger partial charge is 0.493 e. The molecule has 1 atom stereocenters. The molecule has 0 fully saturated rings. The highest BCUT2D eigenvalue weighted by Gasteiger charge is 2.22. The Bertz CT molecular complexity index is 833. The summed E-state index contributed by atoms with van der Waals surface area (Å²) in [6.45, 7) is 4.46. The molecule has 0 aliphatic carbocycles. The SMILES string of the molecule is C=CCc1cc(C(=O)NC[C@H]2COc3ccccc3O2)cc(OC)c1OC. The molecule has 0 saturated carbocycles. The van der Waals surface area contributed by atoms with Crippen LogP contribution in [0.15, 0.2) is 49.1 Å². The van der Waals surface area contributed by atoms with Crippen molar-refractivity contribution in [2.45, 2.75) is 12.5 Å². The van der Waals surface area contributed by atoms with Gasteiger partial charge in [-0.15, -0.1) is 6.58 Å². The van der Waals surface area contributed by atoms with E-state index in [-0.39, 0.29) is 12.0 Å². The zero-order chi connectivity index (χ0) is 19.2. The van der Waals surface area contributed by atoms with Gasteiger partial charge in [-0.2, -0.15) is 0 Å². The van der Waals surface area contributed by atoms with Crippen LogP contribution in [0.5, 0.6) is 23.0 Å². The van der Waals surface area contributed by atoms with Crippen LogP contribution in [-0.2, 0) is 6.42 Å². The highest BCUT2D eigenvalue weighted by atomic mass is 16.6. The molecule has 0 spiro atoms. The molecule has 0 aromatic heterocycles. The van der Waals surface area contributed by atoms with Crippen LogP contribution in [0.2, 0.25) is 0 Å². The Morgan fingerprint density at radius 2 is 2.04 bits per heavy atom. The molecule has 1 aliphatic rings. The van der Waals surface area contributed by atoms with Gasteiger partial charge in [0.1, 0.15) is 12.7 Å². The van der Waals surface area contributed by atoms with Gasteiger partial charge in [0.25, 0.3) is 5.91 Å². The van der Waals surface area contributed by atoms with E-state index in [1.165, 1.54) is 0 Å². The molecule has 1 heterocycles. The summed E-state index contributed by atoms with van der Waals surface area (Å²) in [6, 6.07) is 10.9. The predicted molar refractivity (Wildman–Crippen MR) is 102 cm³/mol. The van der Waals surface area contributed by atoms with Gasteiger partial charge >= 0.3 is 0 Å². The van der Waals surface area contributed by atoms with Gasteiger partial charge in [0.2, 0.25) is 0 Å². The molecular formula is C21H23NO5. The van der Waals surface area contributed by atoms with Gasteiger partial charge in [-0.05, 0) is 30.7 Å². The Morgan fingerprint density at radius 1 is 1.26 bits per heavy atom. The maximum atomic E-state index is 12.6. The number of benzene rings is 2. The minimum Gasteiger partial charge on any atom is -0.493 e. The first kappa shape index (κ1) is 18.6. The number of rotatable bonds is 7. The normalized spacial score (nSPS) is 15.0. The molecule has 0 unspecified atom stereocenters. The lowest BCUT2D eigenvalue weighted by Crippen LogP contribution is -2.40. The first-order chi connectivity index (χ1) is 13.2. The molecule has 1 aliphatic heterocycles. The second-order valence-electron chi connectivity index (χ2n) is 6.07. The second kappa shape index (κ2) is 8.49. The van der Waals surface area contributed by atoms with E-state index in [9.17, 15) is 4.79 Å². The Labute approximate surface area is 158 Å². The van der Waals surface area contributed by atoms with Crippen molar-refractivity contribution in [2.75, 3.05) is 27.4 Å². The van der Waals surface area contributed by atoms with Crippen molar-refractivity contribution in [2.24, 2.45) is 0 Å². The van der Waals surface area contributed by atoms with Gasteiger partial charge in [-0.1, -0.05) is 18.2 Å². The molecule has 2 aromatic carbocycles. The molecule has 1 N–H and O–H groups in total. The van der Waals surface area contributed by atoms with Crippen molar-refractivity contribution in [3.05, 3.63) is 60.2 Å². The van der Waals surface area contributed by atoms with E-state index in [1.54, 1.807) is 32.4 Å². The van der Waals surface area contributed by atoms with Crippen LogP contribution in [0.4, 0.5) is 0 Å². The quantitative estimate of drug-likeness (QED) is 0.760. The van der Waals surface area contributed by atoms with Crippen LogP contribution in [-0.4, -0.2) is 39.4 Å². The summed E-state index contributed by atoms with van der Waals surface area (Å²) in [5.41, 5.74) is 1.32. The maximum absolute atomic E-state index is 12.6. The predicted octanol–water partition coefficient (Wildman–Crippen LogP) is 3.00. The maximum Gasteiger partial charge on any atom is 0.251 e. The Kier molecular flexibility index (Phi) is 5.86. The number of carbonyl (C=O) groups is 1. The molecule has 2 aromatic rings. The van der Waals surface area contributed by atoms with Crippen molar-refractivity contribution in [3.8, 4) is 23.0 Å². The number of allylic oxidation sites excluding steroid dienone is 1. The number of amides is 1. The average Bonchev–Trinajstić information content (AvgIpc) is 2.71. The Balaban J connectivity index is 1.69. The van der Waals surface area contributed by atoms with Gasteiger partial charge in [0, 0.05) is 11.1 Å². The minimum atomic E-state index is -0.253. The molecular weight excluding hydrogens is 346 g/mol. The standard InChI is InChI=1S/C21H23NO5/c1-4-7-14-10-15(11-19(24-2)20(14)25-3)21(23)22-12-16-13-26-17-8-5-6-9-18(17)27-16/h4-6,8-11,16H,1,7,12-13H2,2-3H3,(H,22,23)/t16-/m0/s1. The summed E-state index contributed by atoms with van der Waals surface area (Å²) >= 11 is 0. The zero-order valence-electron chi connectivity index (χ0n) is 15.5. The molecule has 27 heavy (non-hydrogen) atoms. The van der Waals surface area contributed by atoms with Crippen LogP contribution in [0.3, 0.4) is 0 Å². The van der Waals surface area contributed by atoms with E-state index in [2.05, 4.69) is 11.9 Å². The van der Waals surface area contributed by atoms with Crippen LogP contribution in [0, 0.1) is 0 Å². The van der Waals surface area contributed by atoms with Crippen LogP contribution < -0.4 is 24.3 Å². The number of para-hydroxylation sites is 2. The fourth-order valence-electron chi connectivity index (χ4n) is 2.95. The highest BCUT2D eigenvalue weighted by molar-refractivity contribution is 5.95. The minimum absolute atomic E-state index is 0.219. The molecule has 0 radical (unpaired) electrons. The van der Waals surface area contributed by atoms with Crippen LogP contribution >= 0.6 is 0 Å². The highest BCUT2D eigenvalue weighted by Crippen LogP contribution is 2.33. The van der Waals surface area contributed by atoms with E-state index in [4.69, 9.17) is 18.9 Å². The van der Waals surface area contributed by atoms with Crippen molar-refractivity contribution in [1.82, 2.24) is 5.32 Å². The van der Waals surface area contributed by atoms with Gasteiger partial charge in [-0.25, -0.2) is 0 Å². The number of hydrogen-bond donors (Lipinski definition) is 1. The van der Waals surface area contributed by atoms with E-state index < -0.39 is 0 Å². The van der Waals surface area contributed by atoms with Crippen molar-refractivity contribution in [3.63, 3.8) is 0 Å². The van der Waals surface area contributed by atoms with E-state index in [0.717, 1.165) is 5.56 Å². The van der Waals surface area contributed by atoms with Crippen LogP contribution in [0.1, 0.15) is 15.9 Å². The summed E-state index contributed by atoms with van der Waals surface area (Å²) in [5, 5.41) is 2.89. The lowest BCUT2D eigenvalue weighted by Gasteiger charge is -2.26. The number of carbonyl (C=O) groups excluding carboxylic acids is 1. The second-order valence-corrected chi connectivity index (χ2v) is 6.07. The lowest BCUT2D eigenvalue weighted by atomic mass is 10.0. The van der Waals surface area contributed by atoms with Crippen LogP contribution in [0.25, 0.3) is 0 Å². The van der Waals surface area contributed by atoms with E-state index in [0.29, 0.717) is 48.1 Å². The summed E-state index contributed by atoms with van der Waals surface area (Å²) in [4.78, 5) is 12.6. The molecule has 6 nitrogen and oxygen atoms in total. The summed E-state index contributed by atoms with van der Waals surface area (Å²) in [7, 11) is 3.12.